The van der Waals surface area contributed by atoms with E-state index >= 15 is 0 Å². The monoisotopic (exact) mass is 221 g/mol. The van der Waals surface area contributed by atoms with E-state index in [0.29, 0.717) is 6.42 Å². The molecule has 0 bridgehead atoms. The lowest BCUT2D eigenvalue weighted by molar-refractivity contribution is 0.505. The van der Waals surface area contributed by atoms with Crippen molar-refractivity contribution in [3.05, 3.63) is 35.4 Å². The molecule has 0 aliphatic rings. The van der Waals surface area contributed by atoms with E-state index in [4.69, 9.17) is 0 Å². The molecule has 1 aromatic rings. The molecule has 1 rings (SSSR count). The molecule has 0 aliphatic carbocycles. The number of halogens is 3. The van der Waals surface area contributed by atoms with Crippen LogP contribution in [0.5, 0.6) is 0 Å². The second-order valence-corrected chi connectivity index (χ2v) is 3.14. The van der Waals surface area contributed by atoms with Gasteiger partial charge in [-0.2, -0.15) is 0 Å². The fourth-order valence-corrected chi connectivity index (χ4v) is 1.12. The molecule has 1 nitrogen and oxygen atoms in total. The molecule has 0 aromatic heterocycles. The van der Waals surface area contributed by atoms with Gasteiger partial charge >= 0.3 is 0 Å². The van der Waals surface area contributed by atoms with Gasteiger partial charge in [-0.15, -0.1) is 12.4 Å². The van der Waals surface area contributed by atoms with Gasteiger partial charge in [0.25, 0.3) is 0 Å². The Balaban J connectivity index is 0.00000169. The lowest BCUT2D eigenvalue weighted by Gasteiger charge is -2.09. The van der Waals surface area contributed by atoms with Crippen molar-refractivity contribution in [1.29, 1.82) is 0 Å². The molecule has 0 fully saturated rings. The number of hydrogen-bond donors (Lipinski definition) is 1. The maximum Gasteiger partial charge on any atom is 0.159 e. The fourth-order valence-electron chi connectivity index (χ4n) is 1.12. The van der Waals surface area contributed by atoms with Gasteiger partial charge in [0.05, 0.1) is 0 Å². The van der Waals surface area contributed by atoms with Gasteiger partial charge in [0.2, 0.25) is 0 Å². The second-order valence-electron chi connectivity index (χ2n) is 3.14. The maximum absolute atomic E-state index is 12.7. The normalized spacial score (nSPS) is 12.0. The third kappa shape index (κ3) is 3.60. The van der Waals surface area contributed by atoms with Crippen LogP contribution in [0.4, 0.5) is 8.78 Å². The minimum atomic E-state index is -0.791. The van der Waals surface area contributed by atoms with Crippen LogP contribution in [0, 0.1) is 11.6 Å². The Morgan fingerprint density at radius 3 is 2.43 bits per heavy atom. The molecule has 80 valence electrons. The first-order valence-electron chi connectivity index (χ1n) is 4.24. The van der Waals surface area contributed by atoms with Gasteiger partial charge in [0.15, 0.2) is 11.6 Å². The molecule has 0 spiro atoms. The number of benzene rings is 1. The van der Waals surface area contributed by atoms with Crippen molar-refractivity contribution in [3.63, 3.8) is 0 Å². The van der Waals surface area contributed by atoms with E-state index in [1.807, 2.05) is 14.0 Å². The summed E-state index contributed by atoms with van der Waals surface area (Å²) in [6, 6.07) is 4.27. The predicted octanol–water partition coefficient (Wildman–Crippen LogP) is 2.54. The smallest absolute Gasteiger partial charge is 0.159 e. The van der Waals surface area contributed by atoms with Crippen LogP contribution < -0.4 is 5.32 Å². The lowest BCUT2D eigenvalue weighted by Crippen LogP contribution is -2.23. The summed E-state index contributed by atoms with van der Waals surface area (Å²) in [7, 11) is 1.84. The summed E-state index contributed by atoms with van der Waals surface area (Å²) in [6.07, 6.45) is 0.702. The molecule has 0 aliphatic heterocycles. The van der Waals surface area contributed by atoms with Crippen molar-refractivity contribution in [1.82, 2.24) is 5.32 Å². The van der Waals surface area contributed by atoms with E-state index < -0.39 is 11.6 Å². The molecule has 0 saturated carbocycles. The van der Waals surface area contributed by atoms with Crippen LogP contribution in [-0.4, -0.2) is 13.1 Å². The first kappa shape index (κ1) is 13.3. The molecular formula is C10H14ClF2N. The fraction of sp³-hybridized carbons (Fsp3) is 0.400. The van der Waals surface area contributed by atoms with E-state index in [2.05, 4.69) is 5.32 Å². The molecule has 1 aromatic carbocycles. The lowest BCUT2D eigenvalue weighted by atomic mass is 10.1. The molecule has 1 N–H and O–H groups in total. The minimum absolute atomic E-state index is 0. The van der Waals surface area contributed by atoms with Crippen LogP contribution in [0.1, 0.15) is 12.5 Å². The summed E-state index contributed by atoms with van der Waals surface area (Å²) in [5, 5.41) is 3.03. The second kappa shape index (κ2) is 5.94. The van der Waals surface area contributed by atoms with Gasteiger partial charge < -0.3 is 5.32 Å². The zero-order chi connectivity index (χ0) is 9.84. The van der Waals surface area contributed by atoms with Gasteiger partial charge in [0, 0.05) is 6.04 Å². The maximum atomic E-state index is 12.7. The number of likely N-dealkylation sites (N-methyl/N-ethyl adjacent to an activating group) is 1. The topological polar surface area (TPSA) is 12.0 Å². The Morgan fingerprint density at radius 2 is 1.93 bits per heavy atom. The average molecular weight is 222 g/mol. The standard InChI is InChI=1S/C10H13F2N.ClH/c1-7(13-2)5-8-3-4-9(11)10(12)6-8;/h3-4,6-7,13H,5H2,1-2H3;1H. The van der Waals surface area contributed by atoms with Crippen LogP contribution in [0.25, 0.3) is 0 Å². The number of rotatable bonds is 3. The van der Waals surface area contributed by atoms with E-state index in [1.165, 1.54) is 6.07 Å². The van der Waals surface area contributed by atoms with Gasteiger partial charge in [0.1, 0.15) is 0 Å². The number of nitrogens with one attached hydrogen (secondary N) is 1. The van der Waals surface area contributed by atoms with Crippen molar-refractivity contribution >= 4 is 12.4 Å². The Kier molecular flexibility index (Phi) is 5.65. The average Bonchev–Trinajstić information content (AvgIpc) is 2.11. The third-order valence-electron chi connectivity index (χ3n) is 2.02. The predicted molar refractivity (Wildman–Crippen MR) is 55.8 cm³/mol. The highest BCUT2D eigenvalue weighted by atomic mass is 35.5. The summed E-state index contributed by atoms with van der Waals surface area (Å²) in [5.74, 6) is -1.57. The highest BCUT2D eigenvalue weighted by Crippen LogP contribution is 2.10. The quantitative estimate of drug-likeness (QED) is 0.827. The summed E-state index contributed by atoms with van der Waals surface area (Å²) < 4.78 is 25.3. The van der Waals surface area contributed by atoms with Crippen LogP contribution in [0.15, 0.2) is 18.2 Å². The van der Waals surface area contributed by atoms with E-state index in [1.54, 1.807) is 6.07 Å². The summed E-state index contributed by atoms with van der Waals surface area (Å²) in [5.41, 5.74) is 0.806. The molecule has 0 radical (unpaired) electrons. The summed E-state index contributed by atoms with van der Waals surface area (Å²) in [4.78, 5) is 0. The first-order valence-corrected chi connectivity index (χ1v) is 4.24. The zero-order valence-electron chi connectivity index (χ0n) is 8.18. The van der Waals surface area contributed by atoms with Crippen LogP contribution in [-0.2, 0) is 6.42 Å². The summed E-state index contributed by atoms with van der Waals surface area (Å²) >= 11 is 0. The SMILES string of the molecule is CNC(C)Cc1ccc(F)c(F)c1.Cl. The van der Waals surface area contributed by atoms with Crippen LogP contribution in [0.2, 0.25) is 0 Å². The molecule has 1 unspecified atom stereocenters. The zero-order valence-corrected chi connectivity index (χ0v) is 9.00. The van der Waals surface area contributed by atoms with Gasteiger partial charge in [-0.1, -0.05) is 6.07 Å². The van der Waals surface area contributed by atoms with Crippen molar-refractivity contribution in [3.8, 4) is 0 Å². The van der Waals surface area contributed by atoms with E-state index in [-0.39, 0.29) is 18.4 Å². The van der Waals surface area contributed by atoms with Crippen molar-refractivity contribution < 1.29 is 8.78 Å². The van der Waals surface area contributed by atoms with Crippen LogP contribution >= 0.6 is 12.4 Å². The molecular weight excluding hydrogens is 208 g/mol. The Labute approximate surface area is 88.9 Å². The van der Waals surface area contributed by atoms with Gasteiger partial charge in [-0.3, -0.25) is 0 Å². The summed E-state index contributed by atoms with van der Waals surface area (Å²) in [6.45, 7) is 1.99. The van der Waals surface area contributed by atoms with Crippen LogP contribution in [0.3, 0.4) is 0 Å². The van der Waals surface area contributed by atoms with E-state index in [9.17, 15) is 8.78 Å². The van der Waals surface area contributed by atoms with Gasteiger partial charge in [-0.25, -0.2) is 8.78 Å². The number of hydrogen-bond acceptors (Lipinski definition) is 1. The molecule has 14 heavy (non-hydrogen) atoms. The van der Waals surface area contributed by atoms with Crippen molar-refractivity contribution in [2.24, 2.45) is 0 Å². The highest BCUT2D eigenvalue weighted by molar-refractivity contribution is 5.85. The molecule has 0 heterocycles. The minimum Gasteiger partial charge on any atom is -0.317 e. The largest absolute Gasteiger partial charge is 0.317 e. The Morgan fingerprint density at radius 1 is 1.29 bits per heavy atom. The third-order valence-corrected chi connectivity index (χ3v) is 2.02. The molecule has 0 amide bonds. The Bertz CT molecular complexity index is 291. The molecule has 4 heteroatoms. The van der Waals surface area contributed by atoms with Gasteiger partial charge in [-0.05, 0) is 38.1 Å². The highest BCUT2D eigenvalue weighted by Gasteiger charge is 2.04. The Hall–Kier alpha value is -0.670. The first-order chi connectivity index (χ1) is 6.13. The molecule has 1 atom stereocenters. The van der Waals surface area contributed by atoms with Crippen molar-refractivity contribution in [2.45, 2.75) is 19.4 Å². The van der Waals surface area contributed by atoms with Crippen molar-refractivity contribution in [2.75, 3.05) is 7.05 Å². The molecule has 0 saturated heterocycles. The van der Waals surface area contributed by atoms with E-state index in [0.717, 1.165) is 11.6 Å².